The first-order chi connectivity index (χ1) is 18.1. The van der Waals surface area contributed by atoms with E-state index in [1.807, 2.05) is 43.3 Å². The lowest BCUT2D eigenvalue weighted by Crippen LogP contribution is -2.39. The minimum Gasteiger partial charge on any atom is -0.489 e. The standard InChI is InChI=1S/C27H33BrN4O5/c1-3-35-26(33)16-32-9-7-19(8-10-32)17-37-24-14-22-23(15-25(24)36-12-11-34-2)29-18-30-27(22)31-21-6-4-5-20(28)13-21/h4-6,13-15,18-19H,3,7-12,16-17H2,1-2H3,(H,29,30,31). The second kappa shape index (κ2) is 13.6. The maximum Gasteiger partial charge on any atom is 0.320 e. The summed E-state index contributed by atoms with van der Waals surface area (Å²) in [6.07, 6.45) is 3.43. The third kappa shape index (κ3) is 7.77. The third-order valence-electron chi connectivity index (χ3n) is 6.17. The Labute approximate surface area is 225 Å². The SMILES string of the molecule is CCOC(=O)CN1CCC(COc2cc3c(Nc4cccc(Br)c4)ncnc3cc2OCCOC)CC1. The highest BCUT2D eigenvalue weighted by Crippen LogP contribution is 2.36. The maximum atomic E-state index is 11.8. The van der Waals surface area contributed by atoms with E-state index >= 15 is 0 Å². The van der Waals surface area contributed by atoms with Gasteiger partial charge in [0.05, 0.1) is 31.9 Å². The van der Waals surface area contributed by atoms with Crippen LogP contribution in [-0.4, -0.2) is 74.0 Å². The number of anilines is 2. The highest BCUT2D eigenvalue weighted by molar-refractivity contribution is 9.10. The number of esters is 1. The van der Waals surface area contributed by atoms with Crippen molar-refractivity contribution < 1.29 is 23.7 Å². The minimum atomic E-state index is -0.166. The summed E-state index contributed by atoms with van der Waals surface area (Å²) in [4.78, 5) is 22.9. The molecule has 1 N–H and O–H groups in total. The molecule has 1 aliphatic heterocycles. The molecule has 0 bridgehead atoms. The van der Waals surface area contributed by atoms with Gasteiger partial charge in [0, 0.05) is 28.7 Å². The fourth-order valence-electron chi connectivity index (χ4n) is 4.24. The number of ether oxygens (including phenoxy) is 4. The Bertz CT molecular complexity index is 1190. The minimum absolute atomic E-state index is 0.166. The lowest BCUT2D eigenvalue weighted by atomic mass is 9.98. The maximum absolute atomic E-state index is 11.8. The molecule has 3 aromatic rings. The van der Waals surface area contributed by atoms with Crippen molar-refractivity contribution in [3.05, 3.63) is 47.2 Å². The van der Waals surface area contributed by atoms with Crippen LogP contribution < -0.4 is 14.8 Å². The zero-order chi connectivity index (χ0) is 26.0. The van der Waals surface area contributed by atoms with Gasteiger partial charge in [0.15, 0.2) is 11.5 Å². The molecule has 1 saturated heterocycles. The molecule has 0 amide bonds. The van der Waals surface area contributed by atoms with Gasteiger partial charge < -0.3 is 24.3 Å². The molecule has 0 aliphatic carbocycles. The topological polar surface area (TPSA) is 95.0 Å². The van der Waals surface area contributed by atoms with Crippen molar-refractivity contribution in [2.75, 3.05) is 58.5 Å². The number of nitrogens with one attached hydrogen (secondary N) is 1. The van der Waals surface area contributed by atoms with Crippen molar-refractivity contribution >= 4 is 44.3 Å². The molecule has 4 rings (SSSR count). The molecule has 0 radical (unpaired) electrons. The van der Waals surface area contributed by atoms with E-state index < -0.39 is 0 Å². The molecule has 0 saturated carbocycles. The molecule has 0 unspecified atom stereocenters. The Balaban J connectivity index is 1.48. The van der Waals surface area contributed by atoms with E-state index in [0.29, 0.717) is 56.2 Å². The monoisotopic (exact) mass is 572 g/mol. The molecule has 2 heterocycles. The van der Waals surface area contributed by atoms with E-state index in [2.05, 4.69) is 36.1 Å². The molecule has 0 atom stereocenters. The number of aromatic nitrogens is 2. The van der Waals surface area contributed by atoms with Crippen molar-refractivity contribution in [1.29, 1.82) is 0 Å². The Kier molecular flexibility index (Phi) is 9.92. The van der Waals surface area contributed by atoms with Crippen molar-refractivity contribution in [1.82, 2.24) is 14.9 Å². The quantitative estimate of drug-likeness (QED) is 0.242. The van der Waals surface area contributed by atoms with Crippen LogP contribution >= 0.6 is 15.9 Å². The van der Waals surface area contributed by atoms with Crippen LogP contribution in [0.4, 0.5) is 11.5 Å². The predicted octanol–water partition coefficient (Wildman–Crippen LogP) is 4.82. The Morgan fingerprint density at radius 1 is 1.11 bits per heavy atom. The first-order valence-electron chi connectivity index (χ1n) is 12.5. The van der Waals surface area contributed by atoms with Gasteiger partial charge in [0.25, 0.3) is 0 Å². The van der Waals surface area contributed by atoms with Gasteiger partial charge in [0.2, 0.25) is 0 Å². The normalized spacial score (nSPS) is 14.5. The van der Waals surface area contributed by atoms with Gasteiger partial charge in [-0.15, -0.1) is 0 Å². The van der Waals surface area contributed by atoms with Crippen molar-refractivity contribution in [2.24, 2.45) is 5.92 Å². The van der Waals surface area contributed by atoms with Gasteiger partial charge in [0.1, 0.15) is 18.8 Å². The molecule has 1 aromatic heterocycles. The molecular weight excluding hydrogens is 540 g/mol. The van der Waals surface area contributed by atoms with E-state index in [1.165, 1.54) is 6.33 Å². The number of carbonyl (C=O) groups excluding carboxylic acids is 1. The fraction of sp³-hybridized carbons (Fsp3) is 0.444. The van der Waals surface area contributed by atoms with Gasteiger partial charge in [-0.3, -0.25) is 9.69 Å². The van der Waals surface area contributed by atoms with Crippen LogP contribution in [0.3, 0.4) is 0 Å². The van der Waals surface area contributed by atoms with Crippen molar-refractivity contribution in [2.45, 2.75) is 19.8 Å². The first kappa shape index (κ1) is 27.1. The summed E-state index contributed by atoms with van der Waals surface area (Å²) in [5.41, 5.74) is 1.66. The number of hydrogen-bond acceptors (Lipinski definition) is 9. The molecule has 0 spiro atoms. The number of fused-ring (bicyclic) bond motifs is 1. The molecule has 9 nitrogen and oxygen atoms in total. The molecule has 2 aromatic carbocycles. The molecule has 198 valence electrons. The largest absolute Gasteiger partial charge is 0.489 e. The molecule has 10 heteroatoms. The summed E-state index contributed by atoms with van der Waals surface area (Å²) < 4.78 is 23.5. The van der Waals surface area contributed by atoms with E-state index in [-0.39, 0.29) is 5.97 Å². The highest BCUT2D eigenvalue weighted by Gasteiger charge is 2.22. The Morgan fingerprint density at radius 2 is 1.92 bits per heavy atom. The van der Waals surface area contributed by atoms with Crippen LogP contribution in [0.5, 0.6) is 11.5 Å². The third-order valence-corrected chi connectivity index (χ3v) is 6.67. The lowest BCUT2D eigenvalue weighted by Gasteiger charge is -2.31. The molecule has 1 fully saturated rings. The Hall–Kier alpha value is -2.95. The summed E-state index contributed by atoms with van der Waals surface area (Å²) >= 11 is 3.51. The van der Waals surface area contributed by atoms with Crippen molar-refractivity contribution in [3.63, 3.8) is 0 Å². The predicted molar refractivity (Wildman–Crippen MR) is 146 cm³/mol. The van der Waals surface area contributed by atoms with Crippen LogP contribution in [0.25, 0.3) is 10.9 Å². The summed E-state index contributed by atoms with van der Waals surface area (Å²) in [6.45, 7) is 5.70. The van der Waals surface area contributed by atoms with Crippen LogP contribution in [0.15, 0.2) is 47.2 Å². The van der Waals surface area contributed by atoms with E-state index in [1.54, 1.807) is 7.11 Å². The van der Waals surface area contributed by atoms with Gasteiger partial charge in [-0.2, -0.15) is 0 Å². The van der Waals surface area contributed by atoms with E-state index in [9.17, 15) is 4.79 Å². The zero-order valence-corrected chi connectivity index (χ0v) is 22.8. The number of nitrogens with zero attached hydrogens (tertiary/aromatic N) is 3. The number of halogens is 1. The van der Waals surface area contributed by atoms with Crippen LogP contribution in [0, 0.1) is 5.92 Å². The van der Waals surface area contributed by atoms with E-state index in [4.69, 9.17) is 18.9 Å². The second-order valence-electron chi connectivity index (χ2n) is 8.85. The summed E-state index contributed by atoms with van der Waals surface area (Å²) in [7, 11) is 1.64. The zero-order valence-electron chi connectivity index (χ0n) is 21.2. The van der Waals surface area contributed by atoms with Gasteiger partial charge >= 0.3 is 5.97 Å². The number of piperidine rings is 1. The number of methoxy groups -OCH3 is 1. The van der Waals surface area contributed by atoms with Crippen molar-refractivity contribution in [3.8, 4) is 11.5 Å². The smallest absolute Gasteiger partial charge is 0.320 e. The van der Waals surface area contributed by atoms with Crippen LogP contribution in [0.1, 0.15) is 19.8 Å². The summed E-state index contributed by atoms with van der Waals surface area (Å²) in [5.74, 6) is 2.16. The van der Waals surface area contributed by atoms with Gasteiger partial charge in [-0.25, -0.2) is 9.97 Å². The summed E-state index contributed by atoms with van der Waals surface area (Å²) in [5, 5.41) is 4.21. The average molecular weight is 573 g/mol. The Morgan fingerprint density at radius 3 is 2.68 bits per heavy atom. The first-order valence-corrected chi connectivity index (χ1v) is 13.3. The highest BCUT2D eigenvalue weighted by atomic mass is 79.9. The van der Waals surface area contributed by atoms with Crippen LogP contribution in [-0.2, 0) is 14.3 Å². The number of hydrogen-bond donors (Lipinski definition) is 1. The molecule has 1 aliphatic rings. The lowest BCUT2D eigenvalue weighted by molar-refractivity contribution is -0.144. The average Bonchev–Trinajstić information content (AvgIpc) is 2.89. The van der Waals surface area contributed by atoms with Crippen LogP contribution in [0.2, 0.25) is 0 Å². The number of carbonyl (C=O) groups is 1. The molecular formula is C27H33BrN4O5. The van der Waals surface area contributed by atoms with E-state index in [0.717, 1.165) is 47.0 Å². The molecule has 37 heavy (non-hydrogen) atoms. The number of rotatable bonds is 12. The van der Waals surface area contributed by atoms with Gasteiger partial charge in [-0.05, 0) is 63.0 Å². The van der Waals surface area contributed by atoms with Gasteiger partial charge in [-0.1, -0.05) is 22.0 Å². The second-order valence-corrected chi connectivity index (χ2v) is 9.77. The number of likely N-dealkylation sites (tertiary alicyclic amines) is 1. The number of benzene rings is 2. The summed E-state index contributed by atoms with van der Waals surface area (Å²) in [6, 6.07) is 11.7. The fourth-order valence-corrected chi connectivity index (χ4v) is 4.63.